The molecule has 1 heterocycles. The van der Waals surface area contributed by atoms with Gasteiger partial charge in [0.2, 0.25) is 5.82 Å². The second-order valence-electron chi connectivity index (χ2n) is 4.10. The van der Waals surface area contributed by atoms with Crippen molar-refractivity contribution in [2.24, 2.45) is 0 Å². The lowest BCUT2D eigenvalue weighted by atomic mass is 10.2. The summed E-state index contributed by atoms with van der Waals surface area (Å²) in [6.45, 7) is 0. The van der Waals surface area contributed by atoms with Crippen molar-refractivity contribution in [1.82, 2.24) is 10.1 Å². The Bertz CT molecular complexity index is 773. The molecular formula is C14H8BrFN2O2. The molecular weight excluding hydrogens is 327 g/mol. The van der Waals surface area contributed by atoms with E-state index in [2.05, 4.69) is 26.1 Å². The Morgan fingerprint density at radius 2 is 2.00 bits per heavy atom. The third kappa shape index (κ3) is 2.42. The Balaban J connectivity index is 2.02. The molecule has 0 saturated heterocycles. The Labute approximate surface area is 122 Å². The van der Waals surface area contributed by atoms with E-state index in [0.717, 1.165) is 0 Å². The molecule has 0 bridgehead atoms. The molecule has 6 heteroatoms. The molecule has 0 fully saturated rings. The van der Waals surface area contributed by atoms with Crippen LogP contribution in [0.25, 0.3) is 22.8 Å². The van der Waals surface area contributed by atoms with E-state index in [0.29, 0.717) is 15.9 Å². The number of rotatable bonds is 2. The maximum absolute atomic E-state index is 13.8. The summed E-state index contributed by atoms with van der Waals surface area (Å²) in [6, 6.07) is 11.0. The van der Waals surface area contributed by atoms with Crippen LogP contribution >= 0.6 is 15.9 Å². The third-order valence-corrected chi connectivity index (χ3v) is 3.19. The summed E-state index contributed by atoms with van der Waals surface area (Å²) in [5, 5.41) is 13.2. The Morgan fingerprint density at radius 3 is 2.75 bits per heavy atom. The monoisotopic (exact) mass is 334 g/mol. The summed E-state index contributed by atoms with van der Waals surface area (Å²) in [5.74, 6) is 0.0284. The SMILES string of the molecule is Oc1cccc(-c2noc(-c3ccc(Br)cc3F)n2)c1. The van der Waals surface area contributed by atoms with Gasteiger partial charge in [0.15, 0.2) is 0 Å². The minimum absolute atomic E-state index is 0.0911. The number of hydrogen-bond acceptors (Lipinski definition) is 4. The zero-order chi connectivity index (χ0) is 14.1. The van der Waals surface area contributed by atoms with Crippen molar-refractivity contribution in [2.75, 3.05) is 0 Å². The molecule has 100 valence electrons. The predicted octanol–water partition coefficient (Wildman–Crippen LogP) is 4.01. The van der Waals surface area contributed by atoms with Gasteiger partial charge in [-0.25, -0.2) is 4.39 Å². The van der Waals surface area contributed by atoms with Crippen molar-refractivity contribution < 1.29 is 14.0 Å². The maximum Gasteiger partial charge on any atom is 0.261 e. The lowest BCUT2D eigenvalue weighted by molar-refractivity contribution is 0.429. The van der Waals surface area contributed by atoms with Crippen LogP contribution in [-0.4, -0.2) is 15.2 Å². The van der Waals surface area contributed by atoms with Crippen LogP contribution in [0.2, 0.25) is 0 Å². The minimum atomic E-state index is -0.453. The van der Waals surface area contributed by atoms with Crippen LogP contribution in [0.4, 0.5) is 4.39 Å². The van der Waals surface area contributed by atoms with Gasteiger partial charge >= 0.3 is 0 Å². The van der Waals surface area contributed by atoms with E-state index >= 15 is 0 Å². The van der Waals surface area contributed by atoms with Crippen LogP contribution in [0.15, 0.2) is 51.5 Å². The van der Waals surface area contributed by atoms with Gasteiger partial charge in [-0.1, -0.05) is 33.2 Å². The number of phenols is 1. The highest BCUT2D eigenvalue weighted by molar-refractivity contribution is 9.10. The molecule has 0 saturated carbocycles. The topological polar surface area (TPSA) is 59.2 Å². The van der Waals surface area contributed by atoms with Gasteiger partial charge in [0.05, 0.1) is 5.56 Å². The van der Waals surface area contributed by atoms with Crippen LogP contribution in [-0.2, 0) is 0 Å². The first kappa shape index (κ1) is 12.8. The molecule has 0 aliphatic rings. The van der Waals surface area contributed by atoms with Gasteiger partial charge in [0, 0.05) is 10.0 Å². The Kier molecular flexibility index (Phi) is 3.23. The summed E-state index contributed by atoms with van der Waals surface area (Å²) < 4.78 is 19.5. The number of aromatic nitrogens is 2. The highest BCUT2D eigenvalue weighted by Gasteiger charge is 2.14. The lowest BCUT2D eigenvalue weighted by Gasteiger charge is -1.97. The van der Waals surface area contributed by atoms with Crippen LogP contribution in [0.1, 0.15) is 0 Å². The van der Waals surface area contributed by atoms with Gasteiger partial charge in [-0.15, -0.1) is 0 Å². The van der Waals surface area contributed by atoms with Gasteiger partial charge in [-0.2, -0.15) is 4.98 Å². The molecule has 3 aromatic rings. The van der Waals surface area contributed by atoms with E-state index in [1.165, 1.54) is 12.1 Å². The predicted molar refractivity (Wildman–Crippen MR) is 74.5 cm³/mol. The summed E-state index contributed by atoms with van der Waals surface area (Å²) in [6.07, 6.45) is 0. The molecule has 0 aliphatic heterocycles. The molecule has 0 amide bonds. The molecule has 20 heavy (non-hydrogen) atoms. The average Bonchev–Trinajstić information content (AvgIpc) is 2.88. The lowest BCUT2D eigenvalue weighted by Crippen LogP contribution is -1.85. The highest BCUT2D eigenvalue weighted by atomic mass is 79.9. The molecule has 4 nitrogen and oxygen atoms in total. The quantitative estimate of drug-likeness (QED) is 0.769. The van der Waals surface area contributed by atoms with E-state index in [1.54, 1.807) is 30.3 Å². The fraction of sp³-hybridized carbons (Fsp3) is 0. The second-order valence-corrected chi connectivity index (χ2v) is 5.01. The summed E-state index contributed by atoms with van der Waals surface area (Å²) in [5.41, 5.74) is 0.824. The molecule has 0 radical (unpaired) electrons. The fourth-order valence-electron chi connectivity index (χ4n) is 1.76. The first-order valence-corrected chi connectivity index (χ1v) is 6.51. The first-order chi connectivity index (χ1) is 9.63. The molecule has 0 unspecified atom stereocenters. The van der Waals surface area contributed by atoms with Crippen molar-refractivity contribution >= 4 is 15.9 Å². The summed E-state index contributed by atoms with van der Waals surface area (Å²) in [7, 11) is 0. The zero-order valence-corrected chi connectivity index (χ0v) is 11.6. The van der Waals surface area contributed by atoms with Crippen LogP contribution in [0.5, 0.6) is 5.75 Å². The zero-order valence-electron chi connectivity index (χ0n) is 10.0. The van der Waals surface area contributed by atoms with E-state index in [9.17, 15) is 9.50 Å². The second kappa shape index (κ2) is 5.05. The molecule has 2 aromatic carbocycles. The fourth-order valence-corrected chi connectivity index (χ4v) is 2.09. The van der Waals surface area contributed by atoms with Gasteiger partial charge in [-0.05, 0) is 30.3 Å². The normalized spacial score (nSPS) is 10.7. The molecule has 1 aromatic heterocycles. The van der Waals surface area contributed by atoms with E-state index in [-0.39, 0.29) is 17.2 Å². The average molecular weight is 335 g/mol. The number of nitrogens with zero attached hydrogens (tertiary/aromatic N) is 2. The number of hydrogen-bond donors (Lipinski definition) is 1. The minimum Gasteiger partial charge on any atom is -0.508 e. The van der Waals surface area contributed by atoms with E-state index in [1.807, 2.05) is 0 Å². The van der Waals surface area contributed by atoms with Gasteiger partial charge in [0.1, 0.15) is 11.6 Å². The van der Waals surface area contributed by atoms with Crippen LogP contribution in [0, 0.1) is 5.82 Å². The summed E-state index contributed by atoms with van der Waals surface area (Å²) >= 11 is 3.18. The van der Waals surface area contributed by atoms with Crippen LogP contribution in [0.3, 0.4) is 0 Å². The molecule has 3 rings (SSSR count). The van der Waals surface area contributed by atoms with Crippen LogP contribution < -0.4 is 0 Å². The number of benzene rings is 2. The number of aromatic hydroxyl groups is 1. The third-order valence-electron chi connectivity index (χ3n) is 2.69. The van der Waals surface area contributed by atoms with Crippen molar-refractivity contribution in [2.45, 2.75) is 0 Å². The first-order valence-electron chi connectivity index (χ1n) is 5.72. The molecule has 1 N–H and O–H groups in total. The number of phenolic OH excluding ortho intramolecular Hbond substituents is 1. The molecule has 0 aliphatic carbocycles. The smallest absolute Gasteiger partial charge is 0.261 e. The van der Waals surface area contributed by atoms with Crippen molar-refractivity contribution in [3.8, 4) is 28.6 Å². The van der Waals surface area contributed by atoms with Gasteiger partial charge < -0.3 is 9.63 Å². The van der Waals surface area contributed by atoms with Crippen molar-refractivity contribution in [3.05, 3.63) is 52.8 Å². The highest BCUT2D eigenvalue weighted by Crippen LogP contribution is 2.27. The number of halogens is 2. The Morgan fingerprint density at radius 1 is 1.15 bits per heavy atom. The largest absolute Gasteiger partial charge is 0.508 e. The van der Waals surface area contributed by atoms with Gasteiger partial charge in [0.25, 0.3) is 5.89 Å². The molecule has 0 atom stereocenters. The standard InChI is InChI=1S/C14H8BrFN2O2/c15-9-4-5-11(12(16)7-9)14-17-13(18-20-14)8-2-1-3-10(19)6-8/h1-7,19H. The Hall–Kier alpha value is -2.21. The maximum atomic E-state index is 13.8. The van der Waals surface area contributed by atoms with Crippen molar-refractivity contribution in [3.63, 3.8) is 0 Å². The van der Waals surface area contributed by atoms with Gasteiger partial charge in [-0.3, -0.25) is 0 Å². The summed E-state index contributed by atoms with van der Waals surface area (Å²) in [4.78, 5) is 4.14. The van der Waals surface area contributed by atoms with E-state index in [4.69, 9.17) is 4.52 Å². The van der Waals surface area contributed by atoms with E-state index < -0.39 is 5.82 Å². The van der Waals surface area contributed by atoms with Crippen molar-refractivity contribution in [1.29, 1.82) is 0 Å². The molecule has 0 spiro atoms.